The molecule has 1 rings (SSSR count). The molecule has 0 heterocycles. The Labute approximate surface area is 113 Å². The zero-order chi connectivity index (χ0) is 14.6. The van der Waals surface area contributed by atoms with Crippen molar-refractivity contribution in [3.8, 4) is 0 Å². The third kappa shape index (κ3) is 4.90. The normalized spacial score (nSPS) is 13.3. The van der Waals surface area contributed by atoms with Gasteiger partial charge in [0.2, 0.25) is 0 Å². The van der Waals surface area contributed by atoms with Crippen molar-refractivity contribution in [2.24, 2.45) is 5.92 Å². The average Bonchev–Trinajstić information content (AvgIpc) is 2.27. The van der Waals surface area contributed by atoms with Crippen LogP contribution in [0.5, 0.6) is 0 Å². The van der Waals surface area contributed by atoms with Gasteiger partial charge in [-0.15, -0.1) is 0 Å². The molecule has 0 fully saturated rings. The molecule has 0 aromatic heterocycles. The van der Waals surface area contributed by atoms with Gasteiger partial charge in [-0.25, -0.2) is 8.42 Å². The highest BCUT2D eigenvalue weighted by atomic mass is 32.2. The molecule has 0 radical (unpaired) electrons. The van der Waals surface area contributed by atoms with Crippen molar-refractivity contribution in [3.05, 3.63) is 24.3 Å². The SMILES string of the molecule is CC(C)C(CC(=O)O)Nc1ccc(S(C)(=O)=O)cc1. The van der Waals surface area contributed by atoms with Crippen LogP contribution in [0.25, 0.3) is 0 Å². The van der Waals surface area contributed by atoms with Gasteiger partial charge in [0.25, 0.3) is 0 Å². The standard InChI is InChI=1S/C13H19NO4S/c1-9(2)12(8-13(15)16)14-10-4-6-11(7-5-10)19(3,17)18/h4-7,9,12,14H,8H2,1-3H3,(H,15,16). The Hall–Kier alpha value is -1.56. The molecule has 106 valence electrons. The molecule has 0 aliphatic heterocycles. The first-order valence-electron chi connectivity index (χ1n) is 5.98. The van der Waals surface area contributed by atoms with Gasteiger partial charge in [-0.1, -0.05) is 13.8 Å². The maximum absolute atomic E-state index is 11.3. The second-order valence-corrected chi connectivity index (χ2v) is 6.90. The summed E-state index contributed by atoms with van der Waals surface area (Å²) in [6.07, 6.45) is 1.17. The van der Waals surface area contributed by atoms with Crippen LogP contribution in [0, 0.1) is 5.92 Å². The molecular weight excluding hydrogens is 266 g/mol. The van der Waals surface area contributed by atoms with Crippen LogP contribution in [0.2, 0.25) is 0 Å². The van der Waals surface area contributed by atoms with Crippen molar-refractivity contribution >= 4 is 21.5 Å². The topological polar surface area (TPSA) is 83.5 Å². The molecule has 0 saturated heterocycles. The summed E-state index contributed by atoms with van der Waals surface area (Å²) in [7, 11) is -3.21. The van der Waals surface area contributed by atoms with Gasteiger partial charge >= 0.3 is 5.97 Å². The second-order valence-electron chi connectivity index (χ2n) is 4.89. The highest BCUT2D eigenvalue weighted by Gasteiger charge is 2.17. The van der Waals surface area contributed by atoms with Crippen LogP contribution in [-0.4, -0.2) is 31.8 Å². The lowest BCUT2D eigenvalue weighted by Gasteiger charge is -2.21. The molecule has 5 nitrogen and oxygen atoms in total. The summed E-state index contributed by atoms with van der Waals surface area (Å²) in [5, 5.41) is 12.0. The van der Waals surface area contributed by atoms with Crippen molar-refractivity contribution < 1.29 is 18.3 Å². The van der Waals surface area contributed by atoms with Crippen molar-refractivity contribution in [2.45, 2.75) is 31.2 Å². The highest BCUT2D eigenvalue weighted by molar-refractivity contribution is 7.90. The number of sulfone groups is 1. The van der Waals surface area contributed by atoms with Gasteiger partial charge in [-0.05, 0) is 30.2 Å². The number of carboxylic acids is 1. The third-order valence-electron chi connectivity index (χ3n) is 2.83. The minimum absolute atomic E-state index is 0.0193. The Morgan fingerprint density at radius 2 is 1.79 bits per heavy atom. The van der Waals surface area contributed by atoms with Gasteiger partial charge in [0.05, 0.1) is 11.3 Å². The van der Waals surface area contributed by atoms with Gasteiger partial charge in [0, 0.05) is 18.0 Å². The molecular formula is C13H19NO4S. The molecule has 1 aromatic carbocycles. The van der Waals surface area contributed by atoms with E-state index >= 15 is 0 Å². The second kappa shape index (κ2) is 6.06. The van der Waals surface area contributed by atoms with Crippen LogP contribution >= 0.6 is 0 Å². The predicted molar refractivity (Wildman–Crippen MR) is 74.1 cm³/mol. The smallest absolute Gasteiger partial charge is 0.305 e. The number of aliphatic carboxylic acids is 1. The quantitative estimate of drug-likeness (QED) is 0.835. The first kappa shape index (κ1) is 15.5. The number of nitrogens with one attached hydrogen (secondary N) is 1. The Balaban J connectivity index is 2.84. The molecule has 0 aliphatic carbocycles. The predicted octanol–water partition coefficient (Wildman–Crippen LogP) is 2.00. The number of hydrogen-bond donors (Lipinski definition) is 2. The van der Waals surface area contributed by atoms with Crippen molar-refractivity contribution in [3.63, 3.8) is 0 Å². The third-order valence-corrected chi connectivity index (χ3v) is 3.96. The molecule has 6 heteroatoms. The number of benzene rings is 1. The highest BCUT2D eigenvalue weighted by Crippen LogP contribution is 2.18. The van der Waals surface area contributed by atoms with Crippen LogP contribution in [0.4, 0.5) is 5.69 Å². The molecule has 2 N–H and O–H groups in total. The average molecular weight is 285 g/mol. The Morgan fingerprint density at radius 3 is 2.16 bits per heavy atom. The van der Waals surface area contributed by atoms with Crippen molar-refractivity contribution in [1.82, 2.24) is 0 Å². The van der Waals surface area contributed by atoms with E-state index in [4.69, 9.17) is 5.11 Å². The fraction of sp³-hybridized carbons (Fsp3) is 0.462. The molecule has 19 heavy (non-hydrogen) atoms. The van der Waals surface area contributed by atoms with E-state index in [0.29, 0.717) is 5.69 Å². The first-order chi connectivity index (χ1) is 8.70. The fourth-order valence-corrected chi connectivity index (χ4v) is 2.28. The van der Waals surface area contributed by atoms with E-state index in [1.54, 1.807) is 12.1 Å². The molecule has 1 atom stereocenters. The molecule has 0 amide bonds. The molecule has 0 bridgehead atoms. The van der Waals surface area contributed by atoms with Crippen LogP contribution in [-0.2, 0) is 14.6 Å². The minimum Gasteiger partial charge on any atom is -0.481 e. The van der Waals surface area contributed by atoms with Crippen molar-refractivity contribution in [1.29, 1.82) is 0 Å². The van der Waals surface area contributed by atoms with Crippen LogP contribution in [0.15, 0.2) is 29.2 Å². The molecule has 0 spiro atoms. The monoisotopic (exact) mass is 285 g/mol. The van der Waals surface area contributed by atoms with E-state index in [1.807, 2.05) is 13.8 Å². The largest absolute Gasteiger partial charge is 0.481 e. The number of hydrogen-bond acceptors (Lipinski definition) is 4. The molecule has 0 aliphatic rings. The van der Waals surface area contributed by atoms with Gasteiger partial charge in [0.15, 0.2) is 9.84 Å². The van der Waals surface area contributed by atoms with Gasteiger partial charge in [-0.2, -0.15) is 0 Å². The first-order valence-corrected chi connectivity index (χ1v) is 7.87. The molecule has 1 unspecified atom stereocenters. The lowest BCUT2D eigenvalue weighted by atomic mass is 10.0. The number of carbonyl (C=O) groups is 1. The summed E-state index contributed by atoms with van der Waals surface area (Å²) in [4.78, 5) is 11.0. The maximum Gasteiger partial charge on any atom is 0.305 e. The van der Waals surface area contributed by atoms with Crippen molar-refractivity contribution in [2.75, 3.05) is 11.6 Å². The van der Waals surface area contributed by atoms with Gasteiger partial charge in [-0.3, -0.25) is 4.79 Å². The van der Waals surface area contributed by atoms with E-state index in [9.17, 15) is 13.2 Å². The number of rotatable bonds is 6. The summed E-state index contributed by atoms with van der Waals surface area (Å²) >= 11 is 0. The van der Waals surface area contributed by atoms with E-state index in [-0.39, 0.29) is 23.3 Å². The van der Waals surface area contributed by atoms with Crippen LogP contribution in [0.1, 0.15) is 20.3 Å². The summed E-state index contributed by atoms with van der Waals surface area (Å²) in [5.74, 6) is -0.704. The molecule has 0 saturated carbocycles. The van der Waals surface area contributed by atoms with Crippen LogP contribution in [0.3, 0.4) is 0 Å². The summed E-state index contributed by atoms with van der Waals surface area (Å²) < 4.78 is 22.6. The van der Waals surface area contributed by atoms with E-state index in [2.05, 4.69) is 5.32 Å². The Bertz CT molecular complexity index is 534. The summed E-state index contributed by atoms with van der Waals surface area (Å²) in [5.41, 5.74) is 0.715. The van der Waals surface area contributed by atoms with E-state index < -0.39 is 15.8 Å². The van der Waals surface area contributed by atoms with E-state index in [0.717, 1.165) is 6.26 Å². The fourth-order valence-electron chi connectivity index (χ4n) is 1.65. The maximum atomic E-state index is 11.3. The Kier molecular flexibility index (Phi) is 4.94. The van der Waals surface area contributed by atoms with E-state index in [1.165, 1.54) is 12.1 Å². The Morgan fingerprint density at radius 1 is 1.26 bits per heavy atom. The zero-order valence-electron chi connectivity index (χ0n) is 11.3. The van der Waals surface area contributed by atoms with Gasteiger partial charge in [0.1, 0.15) is 0 Å². The number of anilines is 1. The lowest BCUT2D eigenvalue weighted by molar-refractivity contribution is -0.137. The van der Waals surface area contributed by atoms with Crippen LogP contribution < -0.4 is 5.32 Å². The zero-order valence-corrected chi connectivity index (χ0v) is 12.1. The molecule has 1 aromatic rings. The number of carboxylic acid groups (broad SMARTS) is 1. The summed E-state index contributed by atoms with van der Waals surface area (Å²) in [6, 6.07) is 6.12. The van der Waals surface area contributed by atoms with Gasteiger partial charge < -0.3 is 10.4 Å². The minimum atomic E-state index is -3.21. The lowest BCUT2D eigenvalue weighted by Crippen LogP contribution is -2.28. The summed E-state index contributed by atoms with van der Waals surface area (Å²) in [6.45, 7) is 3.87.